The largest absolute Gasteiger partial charge is 0.347 e. The number of nitrogens with one attached hydrogen (secondary N) is 2. The summed E-state index contributed by atoms with van der Waals surface area (Å²) in [6, 6.07) is 7.97. The first kappa shape index (κ1) is 10.7. The molecule has 1 saturated heterocycles. The molecule has 1 fully saturated rings. The van der Waals surface area contributed by atoms with Crippen LogP contribution in [0.3, 0.4) is 0 Å². The Morgan fingerprint density at radius 3 is 3.18 bits per heavy atom. The fourth-order valence-electron chi connectivity index (χ4n) is 2.04. The minimum atomic E-state index is -0.0741. The normalized spacial score (nSPS) is 19.6. The van der Waals surface area contributed by atoms with E-state index in [-0.39, 0.29) is 5.91 Å². The van der Waals surface area contributed by atoms with Crippen LogP contribution in [0.5, 0.6) is 0 Å². The lowest BCUT2D eigenvalue weighted by Crippen LogP contribution is -2.34. The minimum absolute atomic E-state index is 0.0741. The molecule has 2 aromatic rings. The van der Waals surface area contributed by atoms with Crippen molar-refractivity contribution >= 4 is 28.6 Å². The van der Waals surface area contributed by atoms with Crippen LogP contribution < -0.4 is 5.32 Å². The van der Waals surface area contributed by atoms with E-state index in [4.69, 9.17) is 0 Å². The monoisotopic (exact) mass is 247 g/mol. The van der Waals surface area contributed by atoms with Gasteiger partial charge in [-0.05, 0) is 18.2 Å². The van der Waals surface area contributed by atoms with Gasteiger partial charge in [0.1, 0.15) is 0 Å². The maximum atomic E-state index is 12.1. The second kappa shape index (κ2) is 4.41. The van der Waals surface area contributed by atoms with Gasteiger partial charge in [0.2, 0.25) is 0 Å². The Morgan fingerprint density at radius 2 is 2.35 bits per heavy atom. The summed E-state index contributed by atoms with van der Waals surface area (Å²) in [4.78, 5) is 12.1. The zero-order chi connectivity index (χ0) is 11.7. The number of aromatic nitrogens is 2. The van der Waals surface area contributed by atoms with Gasteiger partial charge in [0.05, 0.1) is 5.52 Å². The quantitative estimate of drug-likeness (QED) is 0.850. The number of hydrogen-bond acceptors (Lipinski definition) is 3. The summed E-state index contributed by atoms with van der Waals surface area (Å²) in [5, 5.41) is 10.9. The van der Waals surface area contributed by atoms with Crippen molar-refractivity contribution in [1.82, 2.24) is 15.5 Å². The molecule has 17 heavy (non-hydrogen) atoms. The zero-order valence-electron chi connectivity index (χ0n) is 9.27. The van der Waals surface area contributed by atoms with Crippen molar-refractivity contribution in [2.75, 3.05) is 11.5 Å². The first-order valence-electron chi connectivity index (χ1n) is 5.66. The Bertz CT molecular complexity index is 545. The number of carbonyl (C=O) groups excluding carboxylic acids is 1. The van der Waals surface area contributed by atoms with Crippen LogP contribution in [-0.4, -0.2) is 33.7 Å². The van der Waals surface area contributed by atoms with Gasteiger partial charge < -0.3 is 5.32 Å². The average Bonchev–Trinajstić information content (AvgIpc) is 2.96. The minimum Gasteiger partial charge on any atom is -0.347 e. The van der Waals surface area contributed by atoms with E-state index in [0.29, 0.717) is 11.7 Å². The predicted molar refractivity (Wildman–Crippen MR) is 69.3 cm³/mol. The fourth-order valence-corrected chi connectivity index (χ4v) is 3.19. The Balaban J connectivity index is 1.85. The van der Waals surface area contributed by atoms with Crippen molar-refractivity contribution in [3.05, 3.63) is 30.0 Å². The van der Waals surface area contributed by atoms with Crippen LogP contribution in [0, 0.1) is 0 Å². The van der Waals surface area contributed by atoms with E-state index in [1.54, 1.807) is 0 Å². The van der Waals surface area contributed by atoms with Crippen LogP contribution in [-0.2, 0) is 0 Å². The molecule has 1 aliphatic rings. The van der Waals surface area contributed by atoms with Crippen molar-refractivity contribution in [3.63, 3.8) is 0 Å². The topological polar surface area (TPSA) is 57.8 Å². The van der Waals surface area contributed by atoms with Crippen molar-refractivity contribution in [3.8, 4) is 0 Å². The molecule has 4 nitrogen and oxygen atoms in total. The molecule has 1 aromatic heterocycles. The molecule has 0 aliphatic carbocycles. The third-order valence-electron chi connectivity index (χ3n) is 2.95. The molecule has 1 amide bonds. The molecule has 1 unspecified atom stereocenters. The number of amides is 1. The smallest absolute Gasteiger partial charge is 0.272 e. The molecule has 0 saturated carbocycles. The van der Waals surface area contributed by atoms with Crippen LogP contribution in [0.1, 0.15) is 16.9 Å². The highest BCUT2D eigenvalue weighted by Gasteiger charge is 2.20. The number of fused-ring (bicyclic) bond motifs is 1. The molecule has 2 heterocycles. The van der Waals surface area contributed by atoms with Crippen LogP contribution in [0.4, 0.5) is 0 Å². The molecule has 0 radical (unpaired) electrons. The highest BCUT2D eigenvalue weighted by molar-refractivity contribution is 7.99. The number of carbonyl (C=O) groups is 1. The summed E-state index contributed by atoms with van der Waals surface area (Å²) in [6.07, 6.45) is 1.05. The second-order valence-corrected chi connectivity index (χ2v) is 5.30. The molecule has 1 aliphatic heterocycles. The molecule has 0 bridgehead atoms. The Labute approximate surface area is 103 Å². The summed E-state index contributed by atoms with van der Waals surface area (Å²) in [7, 11) is 0. The van der Waals surface area contributed by atoms with Gasteiger partial charge in [-0.15, -0.1) is 0 Å². The zero-order valence-corrected chi connectivity index (χ0v) is 10.1. The highest BCUT2D eigenvalue weighted by Crippen LogP contribution is 2.19. The maximum Gasteiger partial charge on any atom is 0.272 e. The number of H-pyrrole nitrogens is 1. The summed E-state index contributed by atoms with van der Waals surface area (Å²) in [5.74, 6) is 2.07. The van der Waals surface area contributed by atoms with Gasteiger partial charge in [0.25, 0.3) is 5.91 Å². The lowest BCUT2D eigenvalue weighted by molar-refractivity contribution is 0.0937. The summed E-state index contributed by atoms with van der Waals surface area (Å²) in [5.41, 5.74) is 1.40. The van der Waals surface area contributed by atoms with Crippen molar-refractivity contribution in [2.24, 2.45) is 0 Å². The van der Waals surface area contributed by atoms with E-state index in [1.165, 1.54) is 0 Å². The molecular formula is C12H13N3OS. The van der Waals surface area contributed by atoms with Gasteiger partial charge in [0.15, 0.2) is 5.69 Å². The number of para-hydroxylation sites is 1. The Kier molecular flexibility index (Phi) is 2.76. The fraction of sp³-hybridized carbons (Fsp3) is 0.333. The Morgan fingerprint density at radius 1 is 1.47 bits per heavy atom. The van der Waals surface area contributed by atoms with Crippen LogP contribution in [0.2, 0.25) is 0 Å². The SMILES string of the molecule is O=C(NC1CCSC1)c1n[nH]c2ccccc12. The van der Waals surface area contributed by atoms with Gasteiger partial charge in [-0.25, -0.2) is 0 Å². The number of rotatable bonds is 2. The molecule has 5 heteroatoms. The third kappa shape index (κ3) is 2.02. The number of thioether (sulfide) groups is 1. The number of benzene rings is 1. The van der Waals surface area contributed by atoms with Crippen molar-refractivity contribution in [2.45, 2.75) is 12.5 Å². The number of hydrogen-bond donors (Lipinski definition) is 2. The molecular weight excluding hydrogens is 234 g/mol. The van der Waals surface area contributed by atoms with Crippen molar-refractivity contribution < 1.29 is 4.79 Å². The van der Waals surface area contributed by atoms with E-state index in [0.717, 1.165) is 28.8 Å². The molecule has 88 valence electrons. The lowest BCUT2D eigenvalue weighted by Gasteiger charge is -2.09. The second-order valence-electron chi connectivity index (χ2n) is 4.15. The standard InChI is InChI=1S/C12H13N3OS/c16-12(13-8-5-6-17-7-8)11-9-3-1-2-4-10(9)14-15-11/h1-4,8H,5-7H2,(H,13,16)(H,14,15). The van der Waals surface area contributed by atoms with Crippen LogP contribution >= 0.6 is 11.8 Å². The number of aromatic amines is 1. The van der Waals surface area contributed by atoms with Gasteiger partial charge >= 0.3 is 0 Å². The number of nitrogens with zero attached hydrogens (tertiary/aromatic N) is 1. The molecule has 2 N–H and O–H groups in total. The summed E-state index contributed by atoms with van der Waals surface area (Å²) < 4.78 is 0. The van der Waals surface area contributed by atoms with E-state index in [9.17, 15) is 4.79 Å². The summed E-state index contributed by atoms with van der Waals surface area (Å²) in [6.45, 7) is 0. The summed E-state index contributed by atoms with van der Waals surface area (Å²) >= 11 is 1.88. The van der Waals surface area contributed by atoms with E-state index >= 15 is 0 Å². The van der Waals surface area contributed by atoms with E-state index in [1.807, 2.05) is 36.0 Å². The highest BCUT2D eigenvalue weighted by atomic mass is 32.2. The van der Waals surface area contributed by atoms with Crippen LogP contribution in [0.15, 0.2) is 24.3 Å². The first-order valence-corrected chi connectivity index (χ1v) is 6.82. The molecule has 1 aromatic carbocycles. The Hall–Kier alpha value is -1.49. The van der Waals surface area contributed by atoms with E-state index in [2.05, 4.69) is 15.5 Å². The maximum absolute atomic E-state index is 12.1. The lowest BCUT2D eigenvalue weighted by atomic mass is 10.2. The van der Waals surface area contributed by atoms with E-state index < -0.39 is 0 Å². The van der Waals surface area contributed by atoms with Gasteiger partial charge in [0, 0.05) is 17.2 Å². The average molecular weight is 247 g/mol. The van der Waals surface area contributed by atoms with Gasteiger partial charge in [-0.3, -0.25) is 9.89 Å². The molecule has 3 rings (SSSR count). The predicted octanol–water partition coefficient (Wildman–Crippen LogP) is 1.80. The molecule has 1 atom stereocenters. The molecule has 0 spiro atoms. The van der Waals surface area contributed by atoms with Gasteiger partial charge in [-0.2, -0.15) is 16.9 Å². The third-order valence-corrected chi connectivity index (χ3v) is 4.11. The van der Waals surface area contributed by atoms with Gasteiger partial charge in [-0.1, -0.05) is 18.2 Å². The first-order chi connectivity index (χ1) is 8.34. The van der Waals surface area contributed by atoms with Crippen LogP contribution in [0.25, 0.3) is 10.9 Å². The van der Waals surface area contributed by atoms with Crippen molar-refractivity contribution in [1.29, 1.82) is 0 Å².